The zero-order valence-corrected chi connectivity index (χ0v) is 10.5. The van der Waals surface area contributed by atoms with E-state index in [1.54, 1.807) is 7.11 Å². The predicted molar refractivity (Wildman–Crippen MR) is 65.7 cm³/mol. The molecule has 1 heterocycles. The van der Waals surface area contributed by atoms with Crippen LogP contribution in [-0.2, 0) is 5.33 Å². The Morgan fingerprint density at radius 2 is 2.21 bits per heavy atom. The van der Waals surface area contributed by atoms with Crippen LogP contribution in [0.1, 0.15) is 10.4 Å². The lowest BCUT2D eigenvalue weighted by Crippen LogP contribution is -1.84. The highest BCUT2D eigenvalue weighted by Gasteiger charge is 2.08. The number of halogens is 1. The summed E-state index contributed by atoms with van der Waals surface area (Å²) in [4.78, 5) is 1.33. The van der Waals surface area contributed by atoms with Crippen LogP contribution in [0, 0.1) is 6.92 Å². The van der Waals surface area contributed by atoms with Crippen molar-refractivity contribution >= 4 is 37.4 Å². The number of aryl methyl sites for hydroxylation is 1. The molecule has 0 saturated carbocycles. The van der Waals surface area contributed by atoms with Crippen molar-refractivity contribution in [2.75, 3.05) is 7.11 Å². The molecule has 1 nitrogen and oxygen atoms in total. The van der Waals surface area contributed by atoms with E-state index >= 15 is 0 Å². The molecule has 0 fully saturated rings. The topological polar surface area (TPSA) is 9.23 Å². The zero-order chi connectivity index (χ0) is 10.1. The van der Waals surface area contributed by atoms with Crippen molar-refractivity contribution in [1.82, 2.24) is 0 Å². The van der Waals surface area contributed by atoms with Crippen LogP contribution in [0.4, 0.5) is 0 Å². The number of methoxy groups -OCH3 is 1. The van der Waals surface area contributed by atoms with Gasteiger partial charge in [-0.3, -0.25) is 0 Å². The Bertz CT molecular complexity index is 421. The summed E-state index contributed by atoms with van der Waals surface area (Å²) in [6, 6.07) is 6.34. The van der Waals surface area contributed by atoms with Crippen LogP contribution < -0.4 is 4.74 Å². The molecule has 2 rings (SSSR count). The first kappa shape index (κ1) is 9.99. The molecule has 0 bridgehead atoms. The molecular weight excluding hydrogens is 260 g/mol. The van der Waals surface area contributed by atoms with Crippen LogP contribution in [-0.4, -0.2) is 7.11 Å². The van der Waals surface area contributed by atoms with Crippen molar-refractivity contribution in [3.8, 4) is 5.75 Å². The van der Waals surface area contributed by atoms with Gasteiger partial charge in [0.05, 0.1) is 7.11 Å². The second kappa shape index (κ2) is 3.91. The van der Waals surface area contributed by atoms with E-state index in [0.29, 0.717) is 0 Å². The Kier molecular flexibility index (Phi) is 2.79. The van der Waals surface area contributed by atoms with E-state index in [4.69, 9.17) is 4.74 Å². The van der Waals surface area contributed by atoms with Gasteiger partial charge in [-0.15, -0.1) is 11.3 Å². The van der Waals surface area contributed by atoms with Crippen LogP contribution in [0.3, 0.4) is 0 Å². The van der Waals surface area contributed by atoms with E-state index < -0.39 is 0 Å². The van der Waals surface area contributed by atoms with Gasteiger partial charge in [-0.05, 0) is 24.6 Å². The van der Waals surface area contributed by atoms with Crippen LogP contribution in [0.2, 0.25) is 0 Å². The first-order valence-electron chi connectivity index (χ1n) is 4.38. The van der Waals surface area contributed by atoms with Crippen LogP contribution in [0.25, 0.3) is 10.1 Å². The highest BCUT2D eigenvalue weighted by molar-refractivity contribution is 9.08. The van der Waals surface area contributed by atoms with Crippen molar-refractivity contribution in [3.63, 3.8) is 0 Å². The maximum absolute atomic E-state index is 5.33. The van der Waals surface area contributed by atoms with Gasteiger partial charge in [-0.1, -0.05) is 22.0 Å². The minimum Gasteiger partial charge on any atom is -0.496 e. The predicted octanol–water partition coefficient (Wildman–Crippen LogP) is 4.11. The van der Waals surface area contributed by atoms with Crippen molar-refractivity contribution in [2.24, 2.45) is 0 Å². The van der Waals surface area contributed by atoms with Crippen LogP contribution in [0.5, 0.6) is 5.75 Å². The van der Waals surface area contributed by atoms with Gasteiger partial charge in [-0.25, -0.2) is 0 Å². The van der Waals surface area contributed by atoms with Crippen molar-refractivity contribution in [1.29, 1.82) is 0 Å². The molecule has 0 saturated heterocycles. The molecule has 14 heavy (non-hydrogen) atoms. The summed E-state index contributed by atoms with van der Waals surface area (Å²) in [5.74, 6) is 0.967. The Morgan fingerprint density at radius 3 is 2.86 bits per heavy atom. The number of thiophene rings is 1. The fourth-order valence-electron chi connectivity index (χ4n) is 1.56. The summed E-state index contributed by atoms with van der Waals surface area (Å²) >= 11 is 5.32. The number of benzene rings is 1. The molecule has 74 valence electrons. The highest BCUT2D eigenvalue weighted by atomic mass is 79.9. The fourth-order valence-corrected chi connectivity index (χ4v) is 3.25. The average molecular weight is 271 g/mol. The van der Waals surface area contributed by atoms with Crippen LogP contribution in [0.15, 0.2) is 18.2 Å². The molecule has 1 aromatic carbocycles. The average Bonchev–Trinajstić information content (AvgIpc) is 2.57. The molecule has 0 spiro atoms. The quantitative estimate of drug-likeness (QED) is 0.747. The monoisotopic (exact) mass is 270 g/mol. The molecule has 0 amide bonds. The number of hydrogen-bond donors (Lipinski definition) is 0. The molecule has 0 radical (unpaired) electrons. The van der Waals surface area contributed by atoms with E-state index in [-0.39, 0.29) is 0 Å². The Hall–Kier alpha value is -0.540. The van der Waals surface area contributed by atoms with E-state index in [2.05, 4.69) is 35.0 Å². The van der Waals surface area contributed by atoms with Crippen molar-refractivity contribution in [2.45, 2.75) is 12.3 Å². The lowest BCUT2D eigenvalue weighted by Gasteiger charge is -2.03. The van der Waals surface area contributed by atoms with Gasteiger partial charge in [0, 0.05) is 20.3 Å². The summed E-state index contributed by atoms with van der Waals surface area (Å²) in [5.41, 5.74) is 1.33. The number of rotatable bonds is 2. The van der Waals surface area contributed by atoms with Gasteiger partial charge >= 0.3 is 0 Å². The Morgan fingerprint density at radius 1 is 1.43 bits per heavy atom. The third kappa shape index (κ3) is 1.55. The van der Waals surface area contributed by atoms with Crippen LogP contribution >= 0.6 is 27.3 Å². The highest BCUT2D eigenvalue weighted by Crippen LogP contribution is 2.35. The SMILES string of the molecule is COc1ccc(CBr)c2sc(C)cc12. The lowest BCUT2D eigenvalue weighted by atomic mass is 10.1. The molecule has 0 aliphatic rings. The van der Waals surface area contributed by atoms with E-state index in [9.17, 15) is 0 Å². The zero-order valence-electron chi connectivity index (χ0n) is 8.13. The Labute approximate surface area is 95.8 Å². The second-order valence-electron chi connectivity index (χ2n) is 3.16. The van der Waals surface area contributed by atoms with Gasteiger partial charge in [-0.2, -0.15) is 0 Å². The third-order valence-electron chi connectivity index (χ3n) is 2.21. The first-order chi connectivity index (χ1) is 6.76. The molecule has 0 aliphatic heterocycles. The standard InChI is InChI=1S/C11H11BrOS/c1-7-5-9-10(13-2)4-3-8(6-12)11(9)14-7/h3-5H,6H2,1-2H3. The minimum absolute atomic E-state index is 0.896. The Balaban J connectivity index is 2.77. The second-order valence-corrected chi connectivity index (χ2v) is 4.98. The molecule has 0 aliphatic carbocycles. The van der Waals surface area contributed by atoms with Gasteiger partial charge in [0.1, 0.15) is 5.75 Å². The molecule has 3 heteroatoms. The smallest absolute Gasteiger partial charge is 0.127 e. The molecule has 2 aromatic rings. The van der Waals surface area contributed by atoms with Gasteiger partial charge < -0.3 is 4.74 Å². The molecule has 0 unspecified atom stereocenters. The van der Waals surface area contributed by atoms with Gasteiger partial charge in [0.15, 0.2) is 0 Å². The maximum atomic E-state index is 5.33. The van der Waals surface area contributed by atoms with E-state index in [0.717, 1.165) is 11.1 Å². The third-order valence-corrected chi connectivity index (χ3v) is 3.94. The largest absolute Gasteiger partial charge is 0.496 e. The first-order valence-corrected chi connectivity index (χ1v) is 6.32. The number of alkyl halides is 1. The number of hydrogen-bond acceptors (Lipinski definition) is 2. The summed E-state index contributed by atoms with van der Waals surface area (Å²) in [7, 11) is 1.72. The summed E-state index contributed by atoms with van der Waals surface area (Å²) in [6.07, 6.45) is 0. The maximum Gasteiger partial charge on any atom is 0.127 e. The minimum atomic E-state index is 0.896. The summed E-state index contributed by atoms with van der Waals surface area (Å²) in [5, 5.41) is 2.12. The molecular formula is C11H11BrOS. The van der Waals surface area contributed by atoms with E-state index in [1.165, 1.54) is 20.5 Å². The normalized spacial score (nSPS) is 10.8. The molecule has 1 aromatic heterocycles. The summed E-state index contributed by atoms with van der Waals surface area (Å²) < 4.78 is 6.66. The van der Waals surface area contributed by atoms with Crippen molar-refractivity contribution < 1.29 is 4.74 Å². The molecule has 0 atom stereocenters. The molecule has 0 N–H and O–H groups in total. The van der Waals surface area contributed by atoms with E-state index in [1.807, 2.05) is 17.4 Å². The van der Waals surface area contributed by atoms with Gasteiger partial charge in [0.25, 0.3) is 0 Å². The summed E-state index contributed by atoms with van der Waals surface area (Å²) in [6.45, 7) is 2.13. The van der Waals surface area contributed by atoms with Crippen molar-refractivity contribution in [3.05, 3.63) is 28.6 Å². The number of fused-ring (bicyclic) bond motifs is 1. The fraction of sp³-hybridized carbons (Fsp3) is 0.273. The lowest BCUT2D eigenvalue weighted by molar-refractivity contribution is 0.420. The number of ether oxygens (including phenoxy) is 1. The van der Waals surface area contributed by atoms with Gasteiger partial charge in [0.2, 0.25) is 0 Å².